The summed E-state index contributed by atoms with van der Waals surface area (Å²) in [5.74, 6) is 1.34. The maximum Gasteiger partial charge on any atom is 0.138 e. The minimum atomic E-state index is -1.75. The first-order chi connectivity index (χ1) is 16.7. The topological polar surface area (TPSA) is 118 Å². The fourth-order valence-corrected chi connectivity index (χ4v) is 11.1. The highest BCUT2D eigenvalue weighted by molar-refractivity contribution is 5.83. The van der Waals surface area contributed by atoms with Gasteiger partial charge >= 0.3 is 0 Å². The molecule has 36 heavy (non-hydrogen) atoms. The van der Waals surface area contributed by atoms with Gasteiger partial charge in [0.2, 0.25) is 0 Å². The van der Waals surface area contributed by atoms with Crippen molar-refractivity contribution in [2.45, 2.75) is 116 Å². The number of hydrogen-bond acceptors (Lipinski definition) is 6. The number of aliphatic hydroxyl groups is 5. The van der Waals surface area contributed by atoms with E-state index in [0.29, 0.717) is 29.6 Å². The van der Waals surface area contributed by atoms with E-state index in [1.54, 1.807) is 0 Å². The molecule has 0 aliphatic heterocycles. The monoisotopic (exact) mass is 506 g/mol. The van der Waals surface area contributed by atoms with Crippen molar-refractivity contribution in [3.05, 3.63) is 0 Å². The van der Waals surface area contributed by atoms with E-state index in [2.05, 4.69) is 20.8 Å². The number of hydrogen-bond donors (Lipinski definition) is 5. The summed E-state index contributed by atoms with van der Waals surface area (Å²) in [6, 6.07) is 0. The van der Waals surface area contributed by atoms with Crippen LogP contribution < -0.4 is 0 Å². The predicted molar refractivity (Wildman–Crippen MR) is 137 cm³/mol. The highest BCUT2D eigenvalue weighted by atomic mass is 16.4. The predicted octanol–water partition coefficient (Wildman–Crippen LogP) is 3.46. The first-order valence-electron chi connectivity index (χ1n) is 14.5. The van der Waals surface area contributed by atoms with Gasteiger partial charge in [0.1, 0.15) is 11.4 Å². The minimum Gasteiger partial charge on any atom is -0.396 e. The lowest BCUT2D eigenvalue weighted by Gasteiger charge is -2.62. The van der Waals surface area contributed by atoms with E-state index in [1.165, 1.54) is 26.7 Å². The van der Waals surface area contributed by atoms with Crippen molar-refractivity contribution in [1.29, 1.82) is 0 Å². The minimum absolute atomic E-state index is 0.00326. The molecule has 5 rings (SSSR count). The molecule has 0 aromatic carbocycles. The van der Waals surface area contributed by atoms with Gasteiger partial charge in [-0.3, -0.25) is 4.79 Å². The van der Waals surface area contributed by atoms with Crippen LogP contribution in [-0.2, 0) is 4.79 Å². The molecule has 5 fully saturated rings. The summed E-state index contributed by atoms with van der Waals surface area (Å²) in [5, 5.41) is 52.6. The number of rotatable bonds is 7. The summed E-state index contributed by atoms with van der Waals surface area (Å²) in [7, 11) is 0. The smallest absolute Gasteiger partial charge is 0.138 e. The van der Waals surface area contributed by atoms with Crippen molar-refractivity contribution < 1.29 is 30.3 Å². The average molecular weight is 507 g/mol. The summed E-state index contributed by atoms with van der Waals surface area (Å²) < 4.78 is 0. The molecule has 0 aromatic rings. The summed E-state index contributed by atoms with van der Waals surface area (Å²) >= 11 is 0. The molecule has 5 N–H and O–H groups in total. The molecule has 6 heteroatoms. The van der Waals surface area contributed by atoms with Crippen molar-refractivity contribution in [3.8, 4) is 0 Å². The van der Waals surface area contributed by atoms with E-state index in [9.17, 15) is 30.3 Å². The third-order valence-electron chi connectivity index (χ3n) is 13.7. The molecule has 0 radical (unpaired) electrons. The van der Waals surface area contributed by atoms with Crippen LogP contribution in [0.25, 0.3) is 0 Å². The third-order valence-corrected chi connectivity index (χ3v) is 13.7. The Morgan fingerprint density at radius 2 is 1.67 bits per heavy atom. The maximum absolute atomic E-state index is 12.6. The summed E-state index contributed by atoms with van der Waals surface area (Å²) in [4.78, 5) is 12.6. The van der Waals surface area contributed by atoms with Crippen LogP contribution in [0.4, 0.5) is 0 Å². The van der Waals surface area contributed by atoms with Crippen LogP contribution in [0, 0.1) is 51.2 Å². The Hall–Kier alpha value is -0.530. The lowest BCUT2D eigenvalue weighted by atomic mass is 9.43. The molecule has 206 valence electrons. The SMILES string of the molecule is C[C@H]([C@H](O)C[C@@](O)(CO)C(C)(C)O)[C@H]1CC[C@@]2(C)[C@@H]3CC[C@@H]4[C@@H](CO)C(=O)CC[C@@]45C[C@@]35CC[C@]12C. The molecule has 5 aliphatic carbocycles. The van der Waals surface area contributed by atoms with Crippen LogP contribution in [0.2, 0.25) is 0 Å². The second-order valence-corrected chi connectivity index (χ2v) is 14.8. The van der Waals surface area contributed by atoms with E-state index in [4.69, 9.17) is 0 Å². The fraction of sp³-hybridized carbons (Fsp3) is 0.967. The normalized spacial score (nSPS) is 49.2. The van der Waals surface area contributed by atoms with Crippen LogP contribution in [0.1, 0.15) is 98.8 Å². The highest BCUT2D eigenvalue weighted by Crippen LogP contribution is 2.88. The van der Waals surface area contributed by atoms with E-state index in [-0.39, 0.29) is 46.9 Å². The Bertz CT molecular complexity index is 898. The van der Waals surface area contributed by atoms with Crippen LogP contribution in [0.3, 0.4) is 0 Å². The van der Waals surface area contributed by atoms with Gasteiger partial charge in [-0.15, -0.1) is 0 Å². The molecule has 0 bridgehead atoms. The standard InChI is InChI=1S/C30H50O6/c1-18(23(34)14-30(36,17-32)25(2,3)35)20-8-10-27(5)24-7-6-21-19(15-31)22(33)9-11-28(21)16-29(24,28)13-12-26(20,27)4/h18-21,23-24,31-32,34-36H,6-17H2,1-5H3/t18-,19+,20+,21+,23+,24-,26+,27-,28+,29-,30+/m0/s1. The Morgan fingerprint density at radius 3 is 2.28 bits per heavy atom. The van der Waals surface area contributed by atoms with Crippen LogP contribution >= 0.6 is 0 Å². The number of carbonyl (C=O) groups excluding carboxylic acids is 1. The second kappa shape index (κ2) is 8.24. The molecular formula is C30H50O6. The van der Waals surface area contributed by atoms with Crippen molar-refractivity contribution in [3.63, 3.8) is 0 Å². The Balaban J connectivity index is 1.39. The average Bonchev–Trinajstić information content (AvgIpc) is 3.40. The largest absolute Gasteiger partial charge is 0.396 e. The molecule has 0 aromatic heterocycles. The molecular weight excluding hydrogens is 456 g/mol. The lowest BCUT2D eigenvalue weighted by molar-refractivity contribution is -0.179. The Kier molecular flexibility index (Phi) is 6.19. The Morgan fingerprint density at radius 1 is 0.972 bits per heavy atom. The van der Waals surface area contributed by atoms with Gasteiger partial charge < -0.3 is 25.5 Å². The van der Waals surface area contributed by atoms with Crippen molar-refractivity contribution in [1.82, 2.24) is 0 Å². The number of carbonyl (C=O) groups is 1. The summed E-state index contributed by atoms with van der Waals surface area (Å²) in [5.41, 5.74) is -2.46. The van der Waals surface area contributed by atoms with Crippen molar-refractivity contribution >= 4 is 5.78 Å². The van der Waals surface area contributed by atoms with E-state index in [1.807, 2.05) is 0 Å². The lowest BCUT2D eigenvalue weighted by Crippen LogP contribution is -2.57. The molecule has 5 aliphatic rings. The van der Waals surface area contributed by atoms with Crippen LogP contribution in [0.5, 0.6) is 0 Å². The van der Waals surface area contributed by atoms with Gasteiger partial charge in [-0.05, 0) is 111 Å². The first kappa shape index (κ1) is 27.1. The number of aliphatic hydroxyl groups excluding tert-OH is 3. The third kappa shape index (κ3) is 3.23. The zero-order valence-corrected chi connectivity index (χ0v) is 23.1. The Labute approximate surface area is 216 Å². The zero-order valence-electron chi connectivity index (χ0n) is 23.1. The summed E-state index contributed by atoms with van der Waals surface area (Å²) in [6.07, 6.45) is 8.65. The quantitative estimate of drug-likeness (QED) is 0.361. The first-order valence-corrected chi connectivity index (χ1v) is 14.5. The molecule has 2 spiro atoms. The molecule has 5 saturated carbocycles. The number of Topliss-reactive ketones (excluding diaryl/α,β-unsaturated/α-hetero) is 1. The van der Waals surface area contributed by atoms with Crippen LogP contribution in [0.15, 0.2) is 0 Å². The fourth-order valence-electron chi connectivity index (χ4n) is 11.1. The second-order valence-electron chi connectivity index (χ2n) is 14.8. The van der Waals surface area contributed by atoms with Crippen LogP contribution in [-0.4, -0.2) is 61.8 Å². The van der Waals surface area contributed by atoms with Gasteiger partial charge in [0.25, 0.3) is 0 Å². The zero-order chi connectivity index (χ0) is 26.5. The highest BCUT2D eigenvalue weighted by Gasteiger charge is 2.81. The summed E-state index contributed by atoms with van der Waals surface area (Å²) in [6.45, 7) is 9.41. The van der Waals surface area contributed by atoms with Gasteiger partial charge in [0.05, 0.1) is 24.9 Å². The molecule has 0 heterocycles. The van der Waals surface area contributed by atoms with Gasteiger partial charge in [-0.1, -0.05) is 20.8 Å². The molecule has 0 unspecified atom stereocenters. The van der Waals surface area contributed by atoms with E-state index in [0.717, 1.165) is 38.5 Å². The molecule has 11 atom stereocenters. The molecule has 0 saturated heterocycles. The number of ketones is 1. The maximum atomic E-state index is 12.6. The molecule has 6 nitrogen and oxygen atoms in total. The van der Waals surface area contributed by atoms with Crippen molar-refractivity contribution in [2.24, 2.45) is 51.2 Å². The van der Waals surface area contributed by atoms with Crippen molar-refractivity contribution in [2.75, 3.05) is 13.2 Å². The van der Waals surface area contributed by atoms with Gasteiger partial charge in [-0.25, -0.2) is 0 Å². The van der Waals surface area contributed by atoms with Gasteiger partial charge in [-0.2, -0.15) is 0 Å². The van der Waals surface area contributed by atoms with Gasteiger partial charge in [0.15, 0.2) is 0 Å². The molecule has 0 amide bonds. The van der Waals surface area contributed by atoms with E-state index >= 15 is 0 Å². The number of fused-ring (bicyclic) bond motifs is 2. The van der Waals surface area contributed by atoms with E-state index < -0.39 is 23.9 Å². The van der Waals surface area contributed by atoms with Gasteiger partial charge in [0, 0.05) is 18.8 Å².